The second kappa shape index (κ2) is 4.58. The van der Waals surface area contributed by atoms with E-state index in [0.29, 0.717) is 5.57 Å². The Morgan fingerprint density at radius 1 is 1.42 bits per heavy atom. The lowest BCUT2D eigenvalue weighted by Crippen LogP contribution is -2.55. The molecule has 0 aromatic heterocycles. The zero-order valence-electron chi connectivity index (χ0n) is 12.4. The highest BCUT2D eigenvalue weighted by Crippen LogP contribution is 2.52. The Morgan fingerprint density at radius 3 is 2.32 bits per heavy atom. The number of carboxylic acids is 1. The van der Waals surface area contributed by atoms with Crippen LogP contribution in [0, 0.1) is 22.7 Å². The maximum Gasteiger partial charge on any atom is 0.306 e. The lowest BCUT2D eigenvalue weighted by Gasteiger charge is -2.49. The number of Topliss-reactive ketones (excluding diaryl/α,β-unsaturated/α-hetero) is 1. The van der Waals surface area contributed by atoms with Gasteiger partial charge in [-0.25, -0.2) is 0 Å². The molecule has 0 heterocycles. The van der Waals surface area contributed by atoms with Gasteiger partial charge in [-0.3, -0.25) is 14.4 Å². The number of allylic oxidation sites excluding steroid dienone is 2. The Balaban J connectivity index is 3.41. The molecule has 0 fully saturated rings. The predicted molar refractivity (Wildman–Crippen MR) is 71.6 cm³/mol. The molecule has 0 saturated carbocycles. The molecule has 106 valence electrons. The first-order valence-electron chi connectivity index (χ1n) is 6.47. The number of rotatable bonds is 3. The molecule has 0 spiro atoms. The highest BCUT2D eigenvalue weighted by Gasteiger charge is 2.57. The molecule has 0 radical (unpaired) electrons. The molecule has 3 unspecified atom stereocenters. The molecule has 0 aliphatic heterocycles. The van der Waals surface area contributed by atoms with Gasteiger partial charge in [-0.15, -0.1) is 0 Å². The monoisotopic (exact) mass is 266 g/mol. The summed E-state index contributed by atoms with van der Waals surface area (Å²) < 4.78 is 0. The molecule has 1 aliphatic rings. The van der Waals surface area contributed by atoms with E-state index in [9.17, 15) is 19.5 Å². The van der Waals surface area contributed by atoms with Gasteiger partial charge in [0.05, 0.1) is 5.92 Å². The lowest BCUT2D eigenvalue weighted by atomic mass is 9.51. The number of ketones is 2. The maximum absolute atomic E-state index is 12.4. The van der Waals surface area contributed by atoms with Gasteiger partial charge in [-0.05, 0) is 24.0 Å². The zero-order chi connectivity index (χ0) is 15.2. The molecule has 1 rings (SSSR count). The fourth-order valence-electron chi connectivity index (χ4n) is 2.87. The normalized spacial score (nSPS) is 30.0. The van der Waals surface area contributed by atoms with Crippen LogP contribution in [0.3, 0.4) is 0 Å². The van der Waals surface area contributed by atoms with Crippen LogP contribution >= 0.6 is 0 Å². The van der Waals surface area contributed by atoms with Crippen LogP contribution in [-0.4, -0.2) is 22.6 Å². The van der Waals surface area contributed by atoms with Gasteiger partial charge in [0.1, 0.15) is 0 Å². The Hall–Kier alpha value is -1.45. The van der Waals surface area contributed by atoms with Crippen molar-refractivity contribution in [3.8, 4) is 0 Å². The average molecular weight is 266 g/mol. The van der Waals surface area contributed by atoms with Crippen LogP contribution < -0.4 is 0 Å². The van der Waals surface area contributed by atoms with Gasteiger partial charge >= 0.3 is 5.97 Å². The topological polar surface area (TPSA) is 71.4 Å². The Bertz CT molecular complexity index is 473. The van der Waals surface area contributed by atoms with Crippen molar-refractivity contribution in [2.24, 2.45) is 22.7 Å². The molecule has 0 aromatic carbocycles. The van der Waals surface area contributed by atoms with E-state index in [1.54, 1.807) is 41.5 Å². The van der Waals surface area contributed by atoms with E-state index in [2.05, 4.69) is 0 Å². The number of aliphatic carboxylic acids is 1. The third-order valence-electron chi connectivity index (χ3n) is 5.30. The first-order chi connectivity index (χ1) is 8.47. The molecule has 0 bridgehead atoms. The fourth-order valence-corrected chi connectivity index (χ4v) is 2.87. The minimum Gasteiger partial charge on any atom is -0.481 e. The second-order valence-electron chi connectivity index (χ2n) is 6.26. The zero-order valence-corrected chi connectivity index (χ0v) is 12.4. The Kier molecular flexibility index (Phi) is 3.76. The molecule has 3 atom stereocenters. The molecule has 4 heteroatoms. The van der Waals surface area contributed by atoms with E-state index < -0.39 is 28.6 Å². The summed E-state index contributed by atoms with van der Waals surface area (Å²) in [5, 5.41) is 9.24. The summed E-state index contributed by atoms with van der Waals surface area (Å²) >= 11 is 0. The molecule has 19 heavy (non-hydrogen) atoms. The van der Waals surface area contributed by atoms with Gasteiger partial charge < -0.3 is 5.11 Å². The van der Waals surface area contributed by atoms with E-state index in [1.165, 1.54) is 6.08 Å². The van der Waals surface area contributed by atoms with Crippen LogP contribution in [0.25, 0.3) is 0 Å². The number of carbonyl (C=O) groups excluding carboxylic acids is 2. The summed E-state index contributed by atoms with van der Waals surface area (Å²) in [4.78, 5) is 35.9. The van der Waals surface area contributed by atoms with Crippen molar-refractivity contribution in [2.75, 3.05) is 0 Å². The summed E-state index contributed by atoms with van der Waals surface area (Å²) in [7, 11) is 0. The van der Waals surface area contributed by atoms with Gasteiger partial charge in [0, 0.05) is 11.3 Å². The van der Waals surface area contributed by atoms with Crippen molar-refractivity contribution >= 4 is 17.5 Å². The van der Waals surface area contributed by atoms with Gasteiger partial charge in [0.25, 0.3) is 0 Å². The number of hydrogen-bond acceptors (Lipinski definition) is 3. The van der Waals surface area contributed by atoms with Gasteiger partial charge in [-0.2, -0.15) is 0 Å². The van der Waals surface area contributed by atoms with Gasteiger partial charge in [0.15, 0.2) is 11.6 Å². The quantitative estimate of drug-likeness (QED) is 0.851. The summed E-state index contributed by atoms with van der Waals surface area (Å²) in [6.45, 7) is 10.1. The van der Waals surface area contributed by atoms with E-state index >= 15 is 0 Å². The van der Waals surface area contributed by atoms with Crippen LogP contribution in [0.5, 0.6) is 0 Å². The molecule has 4 nitrogen and oxygen atoms in total. The van der Waals surface area contributed by atoms with Gasteiger partial charge in [0.2, 0.25) is 0 Å². The Labute approximate surface area is 113 Å². The molecule has 1 N–H and O–H groups in total. The van der Waals surface area contributed by atoms with Gasteiger partial charge in [-0.1, -0.05) is 34.6 Å². The van der Waals surface area contributed by atoms with Crippen molar-refractivity contribution < 1.29 is 19.5 Å². The lowest BCUT2D eigenvalue weighted by molar-refractivity contribution is -0.158. The smallest absolute Gasteiger partial charge is 0.306 e. The molecule has 0 aromatic rings. The molecular formula is C15H22O4. The minimum atomic E-state index is -0.999. The van der Waals surface area contributed by atoms with Crippen molar-refractivity contribution in [2.45, 2.75) is 41.5 Å². The van der Waals surface area contributed by atoms with Crippen LogP contribution in [0.15, 0.2) is 11.6 Å². The molecule has 0 saturated heterocycles. The van der Waals surface area contributed by atoms with E-state index in [4.69, 9.17) is 0 Å². The van der Waals surface area contributed by atoms with Crippen LogP contribution in [0.1, 0.15) is 41.5 Å². The fraction of sp³-hybridized carbons (Fsp3) is 0.667. The summed E-state index contributed by atoms with van der Waals surface area (Å²) in [6, 6.07) is 0. The average Bonchev–Trinajstić information content (AvgIpc) is 2.32. The molecule has 0 amide bonds. The molecule has 1 aliphatic carbocycles. The maximum atomic E-state index is 12.4. The van der Waals surface area contributed by atoms with Crippen molar-refractivity contribution in [3.05, 3.63) is 11.6 Å². The minimum absolute atomic E-state index is 0.0761. The number of hydrogen-bond donors (Lipinski definition) is 1. The summed E-state index contributed by atoms with van der Waals surface area (Å²) in [5.74, 6) is -2.42. The number of carbonyl (C=O) groups is 3. The largest absolute Gasteiger partial charge is 0.481 e. The third-order valence-corrected chi connectivity index (χ3v) is 5.30. The van der Waals surface area contributed by atoms with Crippen LogP contribution in [-0.2, 0) is 14.4 Å². The van der Waals surface area contributed by atoms with Crippen molar-refractivity contribution in [1.82, 2.24) is 0 Å². The first-order valence-corrected chi connectivity index (χ1v) is 6.47. The van der Waals surface area contributed by atoms with Crippen LogP contribution in [0.2, 0.25) is 0 Å². The van der Waals surface area contributed by atoms with Crippen LogP contribution in [0.4, 0.5) is 0 Å². The summed E-state index contributed by atoms with van der Waals surface area (Å²) in [6.07, 6.45) is 1.36. The van der Waals surface area contributed by atoms with E-state index in [-0.39, 0.29) is 11.6 Å². The second-order valence-corrected chi connectivity index (χ2v) is 6.26. The summed E-state index contributed by atoms with van der Waals surface area (Å²) in [5.41, 5.74) is -1.36. The first kappa shape index (κ1) is 15.6. The number of carboxylic acid groups (broad SMARTS) is 1. The van der Waals surface area contributed by atoms with Crippen molar-refractivity contribution in [3.63, 3.8) is 0 Å². The van der Waals surface area contributed by atoms with E-state index in [1.807, 2.05) is 0 Å². The van der Waals surface area contributed by atoms with E-state index in [0.717, 1.165) is 0 Å². The SMILES string of the molecule is CC1=CC(=O)C(C)(C(C)(C)C(C)C(=O)O)C(C)C1=O. The third kappa shape index (κ3) is 2.03. The molecular weight excluding hydrogens is 244 g/mol. The predicted octanol–water partition coefficient (Wildman–Crippen LogP) is 2.47. The Morgan fingerprint density at radius 2 is 1.89 bits per heavy atom. The standard InChI is InChI=1S/C15H22O4/c1-8-7-11(16)15(6,9(2)12(8)17)14(4,5)10(3)13(18)19/h7,9-10H,1-6H3,(H,18,19). The highest BCUT2D eigenvalue weighted by molar-refractivity contribution is 6.12. The highest BCUT2D eigenvalue weighted by atomic mass is 16.4. The van der Waals surface area contributed by atoms with Crippen molar-refractivity contribution in [1.29, 1.82) is 0 Å².